The lowest BCUT2D eigenvalue weighted by molar-refractivity contribution is -0.119. The molecule has 23 heavy (non-hydrogen) atoms. The van der Waals surface area contributed by atoms with Gasteiger partial charge in [-0.3, -0.25) is 14.8 Å². The number of pyridine rings is 1. The summed E-state index contributed by atoms with van der Waals surface area (Å²) in [4.78, 5) is 21.5. The number of carbonyl (C=O) groups is 1. The van der Waals surface area contributed by atoms with Gasteiger partial charge < -0.3 is 0 Å². The van der Waals surface area contributed by atoms with Gasteiger partial charge in [0.05, 0.1) is 5.54 Å². The van der Waals surface area contributed by atoms with E-state index in [0.29, 0.717) is 18.6 Å². The average Bonchev–Trinajstić information content (AvgIpc) is 2.92. The van der Waals surface area contributed by atoms with Crippen molar-refractivity contribution in [1.29, 1.82) is 0 Å². The van der Waals surface area contributed by atoms with Gasteiger partial charge in [-0.25, -0.2) is 0 Å². The Morgan fingerprint density at radius 3 is 2.91 bits per heavy atom. The van der Waals surface area contributed by atoms with Crippen LogP contribution in [0.1, 0.15) is 43.7 Å². The van der Waals surface area contributed by atoms with Crippen molar-refractivity contribution in [3.8, 4) is 11.1 Å². The lowest BCUT2D eigenvalue weighted by Gasteiger charge is -2.31. The highest BCUT2D eigenvalue weighted by Gasteiger charge is 2.42. The van der Waals surface area contributed by atoms with Crippen LogP contribution in [0.5, 0.6) is 0 Å². The van der Waals surface area contributed by atoms with Crippen molar-refractivity contribution >= 4 is 11.5 Å². The van der Waals surface area contributed by atoms with Crippen LogP contribution in [0.3, 0.4) is 0 Å². The zero-order valence-corrected chi connectivity index (χ0v) is 13.4. The summed E-state index contributed by atoms with van der Waals surface area (Å²) in [6.45, 7) is 2.09. The number of aliphatic imine (C=N–C) groups is 1. The molecule has 0 N–H and O–H groups in total. The van der Waals surface area contributed by atoms with Crippen LogP contribution in [0.4, 0.5) is 0 Å². The highest BCUT2D eigenvalue weighted by molar-refractivity contribution is 6.04. The van der Waals surface area contributed by atoms with Gasteiger partial charge in [-0.1, -0.05) is 25.1 Å². The first-order chi connectivity index (χ1) is 11.2. The van der Waals surface area contributed by atoms with E-state index in [1.165, 1.54) is 11.1 Å². The second-order valence-corrected chi connectivity index (χ2v) is 6.57. The first kappa shape index (κ1) is 14.3. The standard InChI is InChI=1S/C20H20N2O/c1-2-17-11-18(23)12-20(22-17)8-7-14-5-6-15(10-19(14)20)16-4-3-9-21-13-16/h3-6,9-10,13H,2,7-8,11-12H2,1H3/t20-/m0/s1. The molecule has 0 bridgehead atoms. The Hall–Kier alpha value is -2.29. The SMILES string of the molecule is CCC1=N[C@@]2(CCc3ccc(-c4cccnc4)cc32)CC(=O)C1. The monoisotopic (exact) mass is 304 g/mol. The van der Waals surface area contributed by atoms with Crippen LogP contribution in [0.2, 0.25) is 0 Å². The van der Waals surface area contributed by atoms with E-state index in [0.717, 1.165) is 36.1 Å². The number of hydrogen-bond acceptors (Lipinski definition) is 3. The summed E-state index contributed by atoms with van der Waals surface area (Å²) < 4.78 is 0. The number of Topliss-reactive ketones (excluding diaryl/α,β-unsaturated/α-hetero) is 1. The molecule has 116 valence electrons. The summed E-state index contributed by atoms with van der Waals surface area (Å²) in [7, 11) is 0. The quantitative estimate of drug-likeness (QED) is 0.838. The Balaban J connectivity index is 1.83. The largest absolute Gasteiger partial charge is 0.299 e. The average molecular weight is 304 g/mol. The Labute approximate surface area is 136 Å². The fraction of sp³-hybridized carbons (Fsp3) is 0.350. The zero-order valence-electron chi connectivity index (χ0n) is 13.4. The molecule has 1 atom stereocenters. The minimum Gasteiger partial charge on any atom is -0.299 e. The smallest absolute Gasteiger partial charge is 0.141 e. The van der Waals surface area contributed by atoms with Crippen molar-refractivity contribution in [2.75, 3.05) is 0 Å². The van der Waals surface area contributed by atoms with Gasteiger partial charge in [0, 0.05) is 30.9 Å². The maximum absolute atomic E-state index is 12.3. The molecule has 4 rings (SSSR count). The van der Waals surface area contributed by atoms with E-state index in [9.17, 15) is 4.79 Å². The first-order valence-electron chi connectivity index (χ1n) is 8.33. The summed E-state index contributed by atoms with van der Waals surface area (Å²) in [6, 6.07) is 10.6. The molecule has 0 saturated heterocycles. The second-order valence-electron chi connectivity index (χ2n) is 6.57. The van der Waals surface area contributed by atoms with E-state index >= 15 is 0 Å². The van der Waals surface area contributed by atoms with Crippen LogP contribution in [0, 0.1) is 0 Å². The molecule has 1 aliphatic carbocycles. The molecule has 3 heteroatoms. The molecule has 0 amide bonds. The van der Waals surface area contributed by atoms with Crippen molar-refractivity contribution in [3.63, 3.8) is 0 Å². The zero-order chi connectivity index (χ0) is 15.9. The van der Waals surface area contributed by atoms with Crippen LogP contribution in [0.15, 0.2) is 47.7 Å². The molecule has 3 nitrogen and oxygen atoms in total. The number of rotatable bonds is 2. The highest BCUT2D eigenvalue weighted by Crippen LogP contribution is 2.46. The fourth-order valence-corrected chi connectivity index (χ4v) is 3.92. The molecule has 2 heterocycles. The number of nitrogens with zero attached hydrogens (tertiary/aromatic N) is 2. The van der Waals surface area contributed by atoms with Gasteiger partial charge >= 0.3 is 0 Å². The molecule has 0 saturated carbocycles. The molecular formula is C20H20N2O. The summed E-state index contributed by atoms with van der Waals surface area (Å²) in [6.07, 6.45) is 7.59. The predicted molar refractivity (Wildman–Crippen MR) is 91.6 cm³/mol. The number of aromatic nitrogens is 1. The van der Waals surface area contributed by atoms with Crippen molar-refractivity contribution in [2.24, 2.45) is 4.99 Å². The minimum absolute atomic E-state index is 0.311. The van der Waals surface area contributed by atoms with Crippen LogP contribution in [0.25, 0.3) is 11.1 Å². The van der Waals surface area contributed by atoms with Gasteiger partial charge in [-0.15, -0.1) is 0 Å². The van der Waals surface area contributed by atoms with Gasteiger partial charge in [-0.2, -0.15) is 0 Å². The van der Waals surface area contributed by atoms with Crippen molar-refractivity contribution < 1.29 is 4.79 Å². The van der Waals surface area contributed by atoms with E-state index in [4.69, 9.17) is 4.99 Å². The predicted octanol–water partition coefficient (Wildman–Crippen LogP) is 4.10. The molecule has 1 aliphatic heterocycles. The van der Waals surface area contributed by atoms with E-state index in [1.54, 1.807) is 6.20 Å². The van der Waals surface area contributed by atoms with Gasteiger partial charge in [0.1, 0.15) is 5.78 Å². The molecule has 0 radical (unpaired) electrons. The Kier molecular flexibility index (Phi) is 3.37. The van der Waals surface area contributed by atoms with E-state index < -0.39 is 0 Å². The third kappa shape index (κ3) is 2.40. The van der Waals surface area contributed by atoms with Gasteiger partial charge in [-0.05, 0) is 53.6 Å². The molecule has 1 aromatic heterocycles. The van der Waals surface area contributed by atoms with Gasteiger partial charge in [0.2, 0.25) is 0 Å². The summed E-state index contributed by atoms with van der Waals surface area (Å²) in [5, 5.41) is 0. The third-order valence-electron chi connectivity index (χ3n) is 5.09. The molecular weight excluding hydrogens is 284 g/mol. The number of carbonyl (C=O) groups excluding carboxylic acids is 1. The van der Waals surface area contributed by atoms with Crippen molar-refractivity contribution in [1.82, 2.24) is 4.98 Å². The Morgan fingerprint density at radius 1 is 1.22 bits per heavy atom. The fourth-order valence-electron chi connectivity index (χ4n) is 3.92. The van der Waals surface area contributed by atoms with Crippen LogP contribution >= 0.6 is 0 Å². The minimum atomic E-state index is -0.311. The topological polar surface area (TPSA) is 42.3 Å². The second kappa shape index (κ2) is 5.41. The number of fused-ring (bicyclic) bond motifs is 2. The lowest BCUT2D eigenvalue weighted by Crippen LogP contribution is -2.31. The van der Waals surface area contributed by atoms with Crippen molar-refractivity contribution in [2.45, 2.75) is 44.6 Å². The van der Waals surface area contributed by atoms with Gasteiger partial charge in [0.25, 0.3) is 0 Å². The number of benzene rings is 1. The molecule has 1 aromatic carbocycles. The third-order valence-corrected chi connectivity index (χ3v) is 5.09. The summed E-state index contributed by atoms with van der Waals surface area (Å²) >= 11 is 0. The lowest BCUT2D eigenvalue weighted by atomic mass is 9.82. The number of ketones is 1. The molecule has 0 unspecified atom stereocenters. The molecule has 2 aliphatic rings. The molecule has 1 spiro atoms. The summed E-state index contributed by atoms with van der Waals surface area (Å²) in [5.41, 5.74) is 5.60. The highest BCUT2D eigenvalue weighted by atomic mass is 16.1. The van der Waals surface area contributed by atoms with Crippen molar-refractivity contribution in [3.05, 3.63) is 53.9 Å². The normalized spacial score (nSPS) is 23.0. The maximum atomic E-state index is 12.3. The Morgan fingerprint density at radius 2 is 2.13 bits per heavy atom. The van der Waals surface area contributed by atoms with E-state index in [1.807, 2.05) is 12.3 Å². The number of aryl methyl sites for hydroxylation is 1. The van der Waals surface area contributed by atoms with Crippen LogP contribution in [-0.4, -0.2) is 16.5 Å². The van der Waals surface area contributed by atoms with Gasteiger partial charge in [0.15, 0.2) is 0 Å². The van der Waals surface area contributed by atoms with E-state index in [2.05, 4.69) is 36.2 Å². The van der Waals surface area contributed by atoms with Crippen LogP contribution < -0.4 is 0 Å². The van der Waals surface area contributed by atoms with E-state index in [-0.39, 0.29) is 5.54 Å². The van der Waals surface area contributed by atoms with Crippen LogP contribution in [-0.2, 0) is 16.8 Å². The molecule has 2 aromatic rings. The Bertz CT molecular complexity index is 795. The maximum Gasteiger partial charge on any atom is 0.141 e. The summed E-state index contributed by atoms with van der Waals surface area (Å²) in [5.74, 6) is 0.330. The first-order valence-corrected chi connectivity index (χ1v) is 8.33. The molecule has 0 fully saturated rings. The number of hydrogen-bond donors (Lipinski definition) is 0.